The van der Waals surface area contributed by atoms with Gasteiger partial charge < -0.3 is 4.74 Å². The predicted molar refractivity (Wildman–Crippen MR) is 44.8 cm³/mol. The van der Waals surface area contributed by atoms with Gasteiger partial charge in [-0.1, -0.05) is 0 Å². The quantitative estimate of drug-likeness (QED) is 0.703. The standard InChI is InChI=1S/C8H7BrFO/c1-5-3-6(10)4-7(9)8(5)11-2/h3-4H,2H2,1H3. The molecule has 0 saturated heterocycles. The van der Waals surface area contributed by atoms with Crippen molar-refractivity contribution in [1.82, 2.24) is 0 Å². The second kappa shape index (κ2) is 3.22. The van der Waals surface area contributed by atoms with Crippen LogP contribution in [-0.2, 0) is 0 Å². The van der Waals surface area contributed by atoms with Crippen LogP contribution in [0.25, 0.3) is 0 Å². The molecule has 1 aromatic rings. The van der Waals surface area contributed by atoms with Gasteiger partial charge in [0.05, 0.1) is 4.47 Å². The van der Waals surface area contributed by atoms with E-state index in [1.807, 2.05) is 0 Å². The Bertz CT molecular complexity index is 250. The second-order valence-corrected chi connectivity index (χ2v) is 3.03. The topological polar surface area (TPSA) is 9.23 Å². The van der Waals surface area contributed by atoms with Crippen LogP contribution in [0.2, 0.25) is 0 Å². The first-order valence-corrected chi connectivity index (χ1v) is 3.82. The number of hydrogen-bond donors (Lipinski definition) is 0. The Morgan fingerprint density at radius 3 is 2.64 bits per heavy atom. The maximum absolute atomic E-state index is 12.6. The van der Waals surface area contributed by atoms with Crippen LogP contribution in [0.4, 0.5) is 4.39 Å². The lowest BCUT2D eigenvalue weighted by atomic mass is 10.2. The van der Waals surface area contributed by atoms with Gasteiger partial charge in [0.1, 0.15) is 18.7 Å². The largest absolute Gasteiger partial charge is 0.489 e. The zero-order valence-corrected chi connectivity index (χ0v) is 7.61. The molecular formula is C8H7BrFO. The van der Waals surface area contributed by atoms with Crippen molar-refractivity contribution in [2.24, 2.45) is 0 Å². The van der Waals surface area contributed by atoms with E-state index in [4.69, 9.17) is 4.74 Å². The average Bonchev–Trinajstić information content (AvgIpc) is 1.85. The molecule has 0 amide bonds. The molecule has 0 aliphatic carbocycles. The van der Waals surface area contributed by atoms with E-state index < -0.39 is 0 Å². The fourth-order valence-electron chi connectivity index (χ4n) is 0.872. The molecule has 0 fully saturated rings. The maximum Gasteiger partial charge on any atom is 0.136 e. The highest BCUT2D eigenvalue weighted by Gasteiger charge is 2.05. The van der Waals surface area contributed by atoms with E-state index in [9.17, 15) is 4.39 Å². The van der Waals surface area contributed by atoms with Gasteiger partial charge in [0.2, 0.25) is 0 Å². The minimum atomic E-state index is -0.282. The molecule has 1 rings (SSSR count). The Kier molecular flexibility index (Phi) is 2.49. The van der Waals surface area contributed by atoms with E-state index in [0.717, 1.165) is 5.56 Å². The van der Waals surface area contributed by atoms with Gasteiger partial charge in [-0.25, -0.2) is 4.39 Å². The molecule has 0 bridgehead atoms. The van der Waals surface area contributed by atoms with Gasteiger partial charge in [-0.2, -0.15) is 0 Å². The first-order chi connectivity index (χ1) is 5.15. The van der Waals surface area contributed by atoms with Crippen molar-refractivity contribution < 1.29 is 9.13 Å². The SMILES string of the molecule is [CH2]Oc1c(C)cc(F)cc1Br. The van der Waals surface area contributed by atoms with Crippen molar-refractivity contribution in [2.45, 2.75) is 6.92 Å². The molecule has 0 atom stereocenters. The lowest BCUT2D eigenvalue weighted by Crippen LogP contribution is -1.87. The van der Waals surface area contributed by atoms with Crippen LogP contribution < -0.4 is 4.74 Å². The van der Waals surface area contributed by atoms with Crippen molar-refractivity contribution >= 4 is 15.9 Å². The molecule has 0 N–H and O–H groups in total. The van der Waals surface area contributed by atoms with Gasteiger partial charge in [0, 0.05) is 0 Å². The summed E-state index contributed by atoms with van der Waals surface area (Å²) in [6.07, 6.45) is 0. The number of halogens is 2. The molecule has 0 aliphatic heterocycles. The van der Waals surface area contributed by atoms with Crippen LogP contribution in [0.15, 0.2) is 16.6 Å². The Morgan fingerprint density at radius 2 is 2.18 bits per heavy atom. The smallest absolute Gasteiger partial charge is 0.136 e. The van der Waals surface area contributed by atoms with E-state index in [-0.39, 0.29) is 5.82 Å². The van der Waals surface area contributed by atoms with Crippen molar-refractivity contribution in [1.29, 1.82) is 0 Å². The molecule has 0 heterocycles. The van der Waals surface area contributed by atoms with Crippen molar-refractivity contribution in [2.75, 3.05) is 0 Å². The Hall–Kier alpha value is -0.570. The molecular weight excluding hydrogens is 211 g/mol. The lowest BCUT2D eigenvalue weighted by molar-refractivity contribution is 0.464. The summed E-state index contributed by atoms with van der Waals surface area (Å²) in [6.45, 7) is 1.76. The molecule has 1 radical (unpaired) electrons. The Balaban J connectivity index is 3.25. The summed E-state index contributed by atoms with van der Waals surface area (Å²) in [4.78, 5) is 0. The van der Waals surface area contributed by atoms with Gasteiger partial charge in [-0.05, 0) is 40.5 Å². The first kappa shape index (κ1) is 8.53. The number of benzene rings is 1. The highest BCUT2D eigenvalue weighted by atomic mass is 79.9. The number of hydrogen-bond acceptors (Lipinski definition) is 1. The molecule has 0 aromatic heterocycles. The summed E-state index contributed by atoms with van der Waals surface area (Å²) in [6, 6.07) is 2.73. The summed E-state index contributed by atoms with van der Waals surface area (Å²) in [5, 5.41) is 0. The molecule has 3 heteroatoms. The number of rotatable bonds is 1. The zero-order valence-electron chi connectivity index (χ0n) is 6.03. The van der Waals surface area contributed by atoms with Crippen molar-refractivity contribution in [3.8, 4) is 5.75 Å². The average molecular weight is 218 g/mol. The Morgan fingerprint density at radius 1 is 1.55 bits per heavy atom. The molecule has 0 saturated carbocycles. The Labute approximate surface area is 73.3 Å². The van der Waals surface area contributed by atoms with Crippen LogP contribution in [0, 0.1) is 19.9 Å². The monoisotopic (exact) mass is 217 g/mol. The lowest BCUT2D eigenvalue weighted by Gasteiger charge is -2.05. The van der Waals surface area contributed by atoms with Gasteiger partial charge in [0.15, 0.2) is 0 Å². The van der Waals surface area contributed by atoms with Crippen LogP contribution >= 0.6 is 15.9 Å². The fraction of sp³-hybridized carbons (Fsp3) is 0.125. The first-order valence-electron chi connectivity index (χ1n) is 3.03. The molecule has 11 heavy (non-hydrogen) atoms. The van der Waals surface area contributed by atoms with Gasteiger partial charge in [0.25, 0.3) is 0 Å². The van der Waals surface area contributed by atoms with Crippen molar-refractivity contribution in [3.63, 3.8) is 0 Å². The third-order valence-electron chi connectivity index (χ3n) is 1.34. The number of ether oxygens (including phenoxy) is 1. The summed E-state index contributed by atoms with van der Waals surface area (Å²) >= 11 is 3.15. The van der Waals surface area contributed by atoms with E-state index in [0.29, 0.717) is 10.2 Å². The molecule has 0 aliphatic rings. The van der Waals surface area contributed by atoms with Gasteiger partial charge in [-0.3, -0.25) is 0 Å². The van der Waals surface area contributed by atoms with E-state index in [2.05, 4.69) is 23.0 Å². The third-order valence-corrected chi connectivity index (χ3v) is 1.93. The highest BCUT2D eigenvalue weighted by molar-refractivity contribution is 9.10. The zero-order chi connectivity index (χ0) is 8.43. The van der Waals surface area contributed by atoms with Crippen LogP contribution in [0.1, 0.15) is 5.56 Å². The van der Waals surface area contributed by atoms with Gasteiger partial charge in [-0.15, -0.1) is 0 Å². The number of aryl methyl sites for hydroxylation is 1. The highest BCUT2D eigenvalue weighted by Crippen LogP contribution is 2.29. The molecule has 59 valence electrons. The summed E-state index contributed by atoms with van der Waals surface area (Å²) in [5.41, 5.74) is 0.729. The molecule has 1 aromatic carbocycles. The predicted octanol–water partition coefficient (Wildman–Crippen LogP) is 3.07. The molecule has 0 unspecified atom stereocenters. The molecule has 0 spiro atoms. The van der Waals surface area contributed by atoms with Crippen LogP contribution in [-0.4, -0.2) is 0 Å². The van der Waals surface area contributed by atoms with Crippen LogP contribution in [0.5, 0.6) is 5.75 Å². The summed E-state index contributed by atoms with van der Waals surface area (Å²) in [7, 11) is 3.25. The van der Waals surface area contributed by atoms with Gasteiger partial charge >= 0.3 is 0 Å². The van der Waals surface area contributed by atoms with E-state index in [1.165, 1.54) is 12.1 Å². The minimum absolute atomic E-state index is 0.282. The van der Waals surface area contributed by atoms with Crippen molar-refractivity contribution in [3.05, 3.63) is 35.1 Å². The maximum atomic E-state index is 12.6. The van der Waals surface area contributed by atoms with E-state index >= 15 is 0 Å². The second-order valence-electron chi connectivity index (χ2n) is 2.18. The van der Waals surface area contributed by atoms with Crippen LogP contribution in [0.3, 0.4) is 0 Å². The normalized spacial score (nSPS) is 9.82. The minimum Gasteiger partial charge on any atom is -0.489 e. The third kappa shape index (κ3) is 1.71. The summed E-state index contributed by atoms with van der Waals surface area (Å²) in [5.74, 6) is 0.293. The summed E-state index contributed by atoms with van der Waals surface area (Å²) < 4.78 is 18.0. The van der Waals surface area contributed by atoms with E-state index in [1.54, 1.807) is 6.92 Å². The molecule has 1 nitrogen and oxygen atoms in total. The fourth-order valence-corrected chi connectivity index (χ4v) is 1.52.